The number of anilines is 1. The fraction of sp³-hybridized carbons (Fsp3) is 0.364. The lowest BCUT2D eigenvalue weighted by molar-refractivity contribution is -0.115. The number of ether oxygens (including phenoxy) is 1. The number of nitrogens with zero attached hydrogens (tertiary/aromatic N) is 3. The van der Waals surface area contributed by atoms with Gasteiger partial charge in [-0.3, -0.25) is 4.79 Å². The van der Waals surface area contributed by atoms with E-state index in [-0.39, 0.29) is 5.91 Å². The minimum absolute atomic E-state index is 0.161. The van der Waals surface area contributed by atoms with Gasteiger partial charge in [-0.1, -0.05) is 29.5 Å². The number of aryl methyl sites for hydroxylation is 2. The van der Waals surface area contributed by atoms with Gasteiger partial charge in [0.2, 0.25) is 5.91 Å². The first kappa shape index (κ1) is 20.6. The molecule has 2 heterocycles. The number of aromatic nitrogens is 2. The van der Waals surface area contributed by atoms with Gasteiger partial charge < -0.3 is 10.1 Å². The Morgan fingerprint density at radius 3 is 2.90 bits per heavy atom. The molecular formula is C22H22N4O2S2. The number of carbonyl (C=O) groups is 1. The van der Waals surface area contributed by atoms with Crippen molar-refractivity contribution in [2.75, 3.05) is 12.4 Å². The van der Waals surface area contributed by atoms with E-state index >= 15 is 0 Å². The number of thiazole rings is 1. The van der Waals surface area contributed by atoms with E-state index in [1.165, 1.54) is 35.1 Å². The predicted octanol–water partition coefficient (Wildman–Crippen LogP) is 4.96. The van der Waals surface area contributed by atoms with Crippen LogP contribution in [0.5, 0.6) is 5.75 Å². The Hall–Kier alpha value is -2.63. The molecule has 154 valence electrons. The molecule has 3 aromatic rings. The van der Waals surface area contributed by atoms with E-state index in [0.29, 0.717) is 15.7 Å². The summed E-state index contributed by atoms with van der Waals surface area (Å²) < 4.78 is 6.19. The molecule has 0 saturated carbocycles. The van der Waals surface area contributed by atoms with E-state index in [0.717, 1.165) is 47.3 Å². The third kappa shape index (κ3) is 4.42. The summed E-state index contributed by atoms with van der Waals surface area (Å²) in [6.45, 7) is 1.82. The molecule has 0 aliphatic heterocycles. The molecule has 30 heavy (non-hydrogen) atoms. The minimum Gasteiger partial charge on any atom is -0.497 e. The van der Waals surface area contributed by atoms with E-state index in [4.69, 9.17) is 9.72 Å². The Morgan fingerprint density at radius 1 is 1.27 bits per heavy atom. The van der Waals surface area contributed by atoms with Crippen molar-refractivity contribution in [3.8, 4) is 11.8 Å². The van der Waals surface area contributed by atoms with Crippen LogP contribution in [-0.2, 0) is 17.6 Å². The van der Waals surface area contributed by atoms with Crippen molar-refractivity contribution in [2.24, 2.45) is 0 Å². The van der Waals surface area contributed by atoms with Crippen molar-refractivity contribution < 1.29 is 9.53 Å². The highest BCUT2D eigenvalue weighted by atomic mass is 32.2. The van der Waals surface area contributed by atoms with E-state index in [1.807, 2.05) is 31.2 Å². The summed E-state index contributed by atoms with van der Waals surface area (Å²) in [6, 6.07) is 9.83. The molecule has 1 N–H and O–H groups in total. The zero-order chi connectivity index (χ0) is 21.1. The van der Waals surface area contributed by atoms with E-state index in [2.05, 4.69) is 16.4 Å². The highest BCUT2D eigenvalue weighted by molar-refractivity contribution is 8.00. The summed E-state index contributed by atoms with van der Waals surface area (Å²) in [7, 11) is 1.62. The number of nitriles is 1. The largest absolute Gasteiger partial charge is 0.497 e. The molecule has 1 atom stereocenters. The second-order valence-corrected chi connectivity index (χ2v) is 9.58. The number of methoxy groups -OCH3 is 1. The van der Waals surface area contributed by atoms with E-state index < -0.39 is 5.25 Å². The fourth-order valence-electron chi connectivity index (χ4n) is 3.47. The lowest BCUT2D eigenvalue weighted by Gasteiger charge is -2.13. The fourth-order valence-corrected chi connectivity index (χ4v) is 5.27. The topological polar surface area (TPSA) is 87.9 Å². The van der Waals surface area contributed by atoms with Gasteiger partial charge in [0.1, 0.15) is 16.8 Å². The Balaban J connectivity index is 1.49. The Labute approximate surface area is 183 Å². The smallest absolute Gasteiger partial charge is 0.239 e. The molecule has 0 spiro atoms. The molecule has 6 nitrogen and oxygen atoms in total. The maximum atomic E-state index is 12.8. The van der Waals surface area contributed by atoms with E-state index in [1.54, 1.807) is 7.11 Å². The summed E-state index contributed by atoms with van der Waals surface area (Å²) in [5, 5.41) is 13.2. The average Bonchev–Trinajstić information content (AvgIpc) is 3.00. The first-order valence-corrected chi connectivity index (χ1v) is 11.6. The van der Waals surface area contributed by atoms with Crippen molar-refractivity contribution in [1.82, 2.24) is 9.97 Å². The number of hydrogen-bond acceptors (Lipinski definition) is 7. The molecule has 0 fully saturated rings. The molecule has 8 heteroatoms. The first-order valence-electron chi connectivity index (χ1n) is 9.92. The van der Waals surface area contributed by atoms with Crippen molar-refractivity contribution >= 4 is 44.4 Å². The number of nitrogens with one attached hydrogen (secondary N) is 1. The van der Waals surface area contributed by atoms with Gasteiger partial charge in [-0.2, -0.15) is 5.26 Å². The second-order valence-electron chi connectivity index (χ2n) is 7.22. The molecule has 1 aliphatic rings. The summed E-state index contributed by atoms with van der Waals surface area (Å²) in [4.78, 5) is 22.0. The lowest BCUT2D eigenvalue weighted by atomic mass is 10.1. The third-order valence-electron chi connectivity index (χ3n) is 5.12. The van der Waals surface area contributed by atoms with Gasteiger partial charge in [0.25, 0.3) is 0 Å². The van der Waals surface area contributed by atoms with Crippen molar-refractivity contribution in [1.29, 1.82) is 5.26 Å². The molecule has 1 amide bonds. The van der Waals surface area contributed by atoms with Crippen LogP contribution in [0.2, 0.25) is 0 Å². The highest BCUT2D eigenvalue weighted by Crippen LogP contribution is 2.32. The number of rotatable bonds is 5. The zero-order valence-electron chi connectivity index (χ0n) is 16.9. The molecule has 0 bridgehead atoms. The van der Waals surface area contributed by atoms with Crippen LogP contribution in [0.1, 0.15) is 43.0 Å². The van der Waals surface area contributed by atoms with Gasteiger partial charge in [-0.25, -0.2) is 9.97 Å². The normalized spacial score (nSPS) is 14.4. The third-order valence-corrected chi connectivity index (χ3v) is 7.16. The molecule has 1 aromatic carbocycles. The van der Waals surface area contributed by atoms with Gasteiger partial charge in [-0.15, -0.1) is 0 Å². The lowest BCUT2D eigenvalue weighted by Crippen LogP contribution is -2.22. The Kier molecular flexibility index (Phi) is 6.21. The van der Waals surface area contributed by atoms with Crippen LogP contribution in [0.4, 0.5) is 5.13 Å². The molecule has 4 rings (SSSR count). The monoisotopic (exact) mass is 438 g/mol. The zero-order valence-corrected chi connectivity index (χ0v) is 18.5. The Morgan fingerprint density at radius 2 is 2.10 bits per heavy atom. The average molecular weight is 439 g/mol. The quantitative estimate of drug-likeness (QED) is 0.447. The van der Waals surface area contributed by atoms with Crippen LogP contribution in [0.3, 0.4) is 0 Å². The maximum absolute atomic E-state index is 12.8. The van der Waals surface area contributed by atoms with Crippen LogP contribution in [-0.4, -0.2) is 28.2 Å². The molecule has 1 aliphatic carbocycles. The number of carbonyl (C=O) groups excluding carboxylic acids is 1. The molecule has 0 radical (unpaired) electrons. The number of amides is 1. The standard InChI is InChI=1S/C22H22N4O2S2/c1-13(20(27)26-22-25-18-9-8-16(28-2)11-19(18)30-22)29-21-15(12-23)10-14-6-4-3-5-7-17(14)24-21/h8-11,13H,3-7H2,1-2H3,(H,25,26,27). The van der Waals surface area contributed by atoms with Gasteiger partial charge in [0.15, 0.2) is 5.13 Å². The van der Waals surface area contributed by atoms with Crippen molar-refractivity contribution in [3.05, 3.63) is 41.1 Å². The van der Waals surface area contributed by atoms with Crippen molar-refractivity contribution in [2.45, 2.75) is 49.3 Å². The molecule has 0 saturated heterocycles. The first-order chi connectivity index (χ1) is 14.6. The number of hydrogen-bond donors (Lipinski definition) is 1. The maximum Gasteiger partial charge on any atom is 0.239 e. The molecule has 2 aromatic heterocycles. The van der Waals surface area contributed by atoms with Crippen LogP contribution in [0.15, 0.2) is 29.3 Å². The van der Waals surface area contributed by atoms with Gasteiger partial charge in [-0.05, 0) is 62.4 Å². The number of benzene rings is 1. The number of fused-ring (bicyclic) bond motifs is 2. The second kappa shape index (κ2) is 9.02. The Bertz CT molecular complexity index is 1140. The predicted molar refractivity (Wildman–Crippen MR) is 120 cm³/mol. The van der Waals surface area contributed by atoms with Gasteiger partial charge in [0, 0.05) is 5.69 Å². The van der Waals surface area contributed by atoms with Crippen LogP contribution in [0.25, 0.3) is 10.2 Å². The van der Waals surface area contributed by atoms with Crippen LogP contribution >= 0.6 is 23.1 Å². The van der Waals surface area contributed by atoms with Crippen LogP contribution < -0.4 is 10.1 Å². The summed E-state index contributed by atoms with van der Waals surface area (Å²) >= 11 is 2.73. The van der Waals surface area contributed by atoms with Gasteiger partial charge >= 0.3 is 0 Å². The number of thioether (sulfide) groups is 1. The summed E-state index contributed by atoms with van der Waals surface area (Å²) in [5.74, 6) is 0.595. The van der Waals surface area contributed by atoms with E-state index in [9.17, 15) is 10.1 Å². The molecule has 1 unspecified atom stereocenters. The summed E-state index contributed by atoms with van der Waals surface area (Å²) in [6.07, 6.45) is 5.35. The minimum atomic E-state index is -0.407. The highest BCUT2D eigenvalue weighted by Gasteiger charge is 2.21. The SMILES string of the molecule is COc1ccc2nc(NC(=O)C(C)Sc3nc4c(cc3C#N)CCCCC4)sc2c1. The van der Waals surface area contributed by atoms with Crippen LogP contribution in [0, 0.1) is 11.3 Å². The van der Waals surface area contributed by atoms with Gasteiger partial charge in [0.05, 0.1) is 28.1 Å². The molecular weight excluding hydrogens is 416 g/mol. The summed E-state index contributed by atoms with van der Waals surface area (Å²) in [5.41, 5.74) is 3.61. The number of pyridine rings is 1. The van der Waals surface area contributed by atoms with Crippen molar-refractivity contribution in [3.63, 3.8) is 0 Å².